The van der Waals surface area contributed by atoms with Gasteiger partial charge in [0.1, 0.15) is 0 Å². The largest absolute Gasteiger partial charge is 0.334 e. The lowest BCUT2D eigenvalue weighted by Crippen LogP contribution is -2.33. The molecule has 4 heteroatoms. The van der Waals surface area contributed by atoms with Crippen LogP contribution in [0.2, 0.25) is 0 Å². The number of Topliss-reactive ketones (excluding diaryl/α,β-unsaturated/α-hetero) is 1. The van der Waals surface area contributed by atoms with E-state index in [1.165, 1.54) is 0 Å². The van der Waals surface area contributed by atoms with Gasteiger partial charge in [-0.25, -0.2) is 0 Å². The number of pyridine rings is 1. The number of rotatable bonds is 5. The van der Waals surface area contributed by atoms with Crippen LogP contribution in [-0.2, 0) is 20.7 Å². The number of aromatic nitrogens is 1. The average molecular weight is 329 g/mol. The van der Waals surface area contributed by atoms with E-state index in [0.717, 1.165) is 0 Å². The van der Waals surface area contributed by atoms with E-state index in [1.54, 1.807) is 60.8 Å². The molecule has 2 heterocycles. The van der Waals surface area contributed by atoms with Crippen LogP contribution in [0.25, 0.3) is 0 Å². The van der Waals surface area contributed by atoms with Gasteiger partial charge in [0.05, 0.1) is 5.69 Å². The molecule has 0 saturated carbocycles. The first-order chi connectivity index (χ1) is 12.2. The molecule has 0 radical (unpaired) electrons. The van der Waals surface area contributed by atoms with Crippen molar-refractivity contribution >= 4 is 12.1 Å². The first-order valence-corrected chi connectivity index (χ1v) is 7.98. The molecule has 1 saturated heterocycles. The Morgan fingerprint density at radius 1 is 0.880 bits per heavy atom. The molecule has 1 fully saturated rings. The fourth-order valence-corrected chi connectivity index (χ4v) is 3.28. The quantitative estimate of drug-likeness (QED) is 0.409. The second-order valence-electron chi connectivity index (χ2n) is 5.91. The summed E-state index contributed by atoms with van der Waals surface area (Å²) in [6, 6.07) is 23.2. The van der Waals surface area contributed by atoms with Gasteiger partial charge >= 0.3 is 0 Å². The number of hydrogen-bond donors (Lipinski definition) is 0. The van der Waals surface area contributed by atoms with Crippen molar-refractivity contribution in [2.75, 3.05) is 0 Å². The Morgan fingerprint density at radius 3 is 2.12 bits per heavy atom. The number of benzene rings is 2. The van der Waals surface area contributed by atoms with Crippen molar-refractivity contribution < 1.29 is 14.3 Å². The van der Waals surface area contributed by atoms with E-state index in [4.69, 9.17) is 4.74 Å². The highest BCUT2D eigenvalue weighted by molar-refractivity contribution is 6.09. The van der Waals surface area contributed by atoms with Crippen LogP contribution in [0, 0.1) is 0 Å². The highest BCUT2D eigenvalue weighted by Gasteiger charge is 2.77. The fraction of sp³-hybridized carbons (Fsp3) is 0.0952. The molecule has 0 amide bonds. The molecule has 4 rings (SSSR count). The Morgan fingerprint density at radius 2 is 1.52 bits per heavy atom. The lowest BCUT2D eigenvalue weighted by molar-refractivity contribution is -0.112. The van der Waals surface area contributed by atoms with Gasteiger partial charge in [0.15, 0.2) is 11.9 Å². The van der Waals surface area contributed by atoms with Crippen LogP contribution >= 0.6 is 0 Å². The SMILES string of the molecule is O=CC1(c2ccccc2)OC1(C(=O)c1ccccc1)c1ccccn1. The molecule has 2 atom stereocenters. The van der Waals surface area contributed by atoms with Crippen molar-refractivity contribution in [3.05, 3.63) is 102 Å². The Hall–Kier alpha value is -3.11. The molecule has 0 bridgehead atoms. The second-order valence-corrected chi connectivity index (χ2v) is 5.91. The van der Waals surface area contributed by atoms with E-state index < -0.39 is 11.2 Å². The van der Waals surface area contributed by atoms with Crippen LogP contribution in [0.5, 0.6) is 0 Å². The lowest BCUT2D eigenvalue weighted by Gasteiger charge is -2.15. The van der Waals surface area contributed by atoms with E-state index in [0.29, 0.717) is 23.1 Å². The van der Waals surface area contributed by atoms with E-state index in [2.05, 4.69) is 4.98 Å². The Bertz CT molecular complexity index is 912. The van der Waals surface area contributed by atoms with Crippen molar-refractivity contribution in [2.45, 2.75) is 11.2 Å². The zero-order chi connectivity index (χ0) is 17.3. The van der Waals surface area contributed by atoms with Gasteiger partial charge in [-0.1, -0.05) is 66.7 Å². The van der Waals surface area contributed by atoms with Gasteiger partial charge < -0.3 is 4.74 Å². The summed E-state index contributed by atoms with van der Waals surface area (Å²) in [7, 11) is 0. The average Bonchev–Trinajstić information content (AvgIpc) is 3.41. The molecule has 2 aromatic carbocycles. The van der Waals surface area contributed by atoms with Crippen LogP contribution in [0.1, 0.15) is 21.6 Å². The van der Waals surface area contributed by atoms with Crippen LogP contribution in [0.15, 0.2) is 85.1 Å². The summed E-state index contributed by atoms with van der Waals surface area (Å²) in [5, 5.41) is 0. The minimum atomic E-state index is -1.45. The molecule has 3 aromatic rings. The summed E-state index contributed by atoms with van der Waals surface area (Å²) < 4.78 is 5.95. The van der Waals surface area contributed by atoms with Crippen LogP contribution < -0.4 is 0 Å². The molecule has 25 heavy (non-hydrogen) atoms. The van der Waals surface area contributed by atoms with Crippen LogP contribution in [0.3, 0.4) is 0 Å². The van der Waals surface area contributed by atoms with Crippen molar-refractivity contribution in [3.63, 3.8) is 0 Å². The number of epoxide rings is 1. The minimum absolute atomic E-state index is 0.275. The summed E-state index contributed by atoms with van der Waals surface area (Å²) in [6.07, 6.45) is 2.30. The standard InChI is InChI=1S/C21H15NO3/c23-15-20(17-11-5-2-6-12-17)21(25-20,18-13-7-8-14-22-18)19(24)16-9-3-1-4-10-16/h1-15H. The second kappa shape index (κ2) is 5.76. The third kappa shape index (κ3) is 2.15. The summed E-state index contributed by atoms with van der Waals surface area (Å²) in [5.41, 5.74) is -1.26. The predicted molar refractivity (Wildman–Crippen MR) is 92.0 cm³/mol. The maximum Gasteiger partial charge on any atom is 0.214 e. The summed E-state index contributed by atoms with van der Waals surface area (Å²) in [4.78, 5) is 29.8. The van der Waals surface area contributed by atoms with Gasteiger partial charge in [-0.3, -0.25) is 14.6 Å². The van der Waals surface area contributed by atoms with Crippen molar-refractivity contribution in [2.24, 2.45) is 0 Å². The molecule has 4 nitrogen and oxygen atoms in total. The molecule has 122 valence electrons. The highest BCUT2D eigenvalue weighted by atomic mass is 16.6. The monoisotopic (exact) mass is 329 g/mol. The number of ketones is 1. The lowest BCUT2D eigenvalue weighted by atomic mass is 9.80. The van der Waals surface area contributed by atoms with E-state index in [9.17, 15) is 9.59 Å². The van der Waals surface area contributed by atoms with Crippen LogP contribution in [-0.4, -0.2) is 17.1 Å². The van der Waals surface area contributed by atoms with Gasteiger partial charge in [0.2, 0.25) is 11.4 Å². The molecule has 1 aromatic heterocycles. The molecule has 1 aliphatic rings. The maximum atomic E-state index is 13.4. The maximum absolute atomic E-state index is 13.4. The van der Waals surface area contributed by atoms with Crippen molar-refractivity contribution in [1.82, 2.24) is 4.98 Å². The molecule has 1 aliphatic heterocycles. The Labute approximate surface area is 145 Å². The number of carbonyl (C=O) groups excluding carboxylic acids is 2. The summed E-state index contributed by atoms with van der Waals surface area (Å²) >= 11 is 0. The van der Waals surface area contributed by atoms with Crippen molar-refractivity contribution in [1.29, 1.82) is 0 Å². The molecule has 2 unspecified atom stereocenters. The van der Waals surface area contributed by atoms with Gasteiger partial charge in [-0.15, -0.1) is 0 Å². The smallest absolute Gasteiger partial charge is 0.214 e. The zero-order valence-electron chi connectivity index (χ0n) is 13.3. The molecule has 0 aliphatic carbocycles. The van der Waals surface area contributed by atoms with Crippen molar-refractivity contribution in [3.8, 4) is 0 Å². The van der Waals surface area contributed by atoms with Gasteiger partial charge in [-0.2, -0.15) is 0 Å². The summed E-state index contributed by atoms with van der Waals surface area (Å²) in [5.74, 6) is -0.275. The normalized spacial score (nSPS) is 24.5. The van der Waals surface area contributed by atoms with E-state index in [-0.39, 0.29) is 5.78 Å². The molecular weight excluding hydrogens is 314 g/mol. The number of aldehydes is 1. The zero-order valence-corrected chi connectivity index (χ0v) is 13.3. The fourth-order valence-electron chi connectivity index (χ4n) is 3.28. The first-order valence-electron chi connectivity index (χ1n) is 7.98. The van der Waals surface area contributed by atoms with Gasteiger partial charge in [-0.05, 0) is 17.7 Å². The third-order valence-electron chi connectivity index (χ3n) is 4.55. The van der Waals surface area contributed by atoms with E-state index in [1.807, 2.05) is 24.3 Å². The summed E-state index contributed by atoms with van der Waals surface area (Å²) in [6.45, 7) is 0. The van der Waals surface area contributed by atoms with Crippen LogP contribution in [0.4, 0.5) is 0 Å². The molecule has 0 spiro atoms. The predicted octanol–water partition coefficient (Wildman–Crippen LogP) is 3.28. The number of nitrogens with zero attached hydrogens (tertiary/aromatic N) is 1. The van der Waals surface area contributed by atoms with Gasteiger partial charge in [0.25, 0.3) is 0 Å². The Kier molecular flexibility index (Phi) is 3.55. The van der Waals surface area contributed by atoms with E-state index >= 15 is 0 Å². The van der Waals surface area contributed by atoms with Gasteiger partial charge in [0, 0.05) is 11.8 Å². The minimum Gasteiger partial charge on any atom is -0.334 e. The first kappa shape index (κ1) is 15.4. The topological polar surface area (TPSA) is 59.6 Å². The molecular formula is C21H15NO3. The number of carbonyl (C=O) groups is 2. The number of hydrogen-bond acceptors (Lipinski definition) is 4. The third-order valence-corrected chi connectivity index (χ3v) is 4.55. The highest BCUT2D eigenvalue weighted by Crippen LogP contribution is 2.61. The Balaban J connectivity index is 1.91. The molecule has 0 N–H and O–H groups in total. The number of ether oxygens (including phenoxy) is 1.